The molecule has 0 bridgehead atoms. The smallest absolute Gasteiger partial charge is 0.221 e. The first-order valence-electron chi connectivity index (χ1n) is 14.7. The highest BCUT2D eigenvalue weighted by Gasteiger charge is 2.38. The third-order valence-corrected chi connectivity index (χ3v) is 8.77. The highest BCUT2D eigenvalue weighted by atomic mass is 32.2. The van der Waals surface area contributed by atoms with E-state index in [1.807, 2.05) is 72.8 Å². The van der Waals surface area contributed by atoms with Crippen molar-refractivity contribution in [2.24, 2.45) is 5.92 Å². The Morgan fingerprint density at radius 2 is 1.50 bits per heavy atom. The van der Waals surface area contributed by atoms with Gasteiger partial charge in [0.15, 0.2) is 6.29 Å². The van der Waals surface area contributed by atoms with Gasteiger partial charge in [0.25, 0.3) is 0 Å². The van der Waals surface area contributed by atoms with Crippen LogP contribution in [0.4, 0.5) is 5.69 Å². The van der Waals surface area contributed by atoms with Gasteiger partial charge in [-0.05, 0) is 64.2 Å². The van der Waals surface area contributed by atoms with Crippen LogP contribution in [0, 0.1) is 5.92 Å². The van der Waals surface area contributed by atoms with Gasteiger partial charge in [-0.25, -0.2) is 0 Å². The quantitative estimate of drug-likeness (QED) is 0.167. The first kappa shape index (κ1) is 31.5. The molecule has 0 spiro atoms. The highest BCUT2D eigenvalue weighted by Crippen LogP contribution is 2.43. The first-order valence-corrected chi connectivity index (χ1v) is 15.7. The summed E-state index contributed by atoms with van der Waals surface area (Å²) in [7, 11) is 0. The van der Waals surface area contributed by atoms with Crippen LogP contribution in [0.3, 0.4) is 0 Å². The Kier molecular flexibility index (Phi) is 10.5. The molecule has 4 aromatic rings. The molecular formula is C36H38N2O5S. The van der Waals surface area contributed by atoms with E-state index in [0.717, 1.165) is 49.7 Å². The molecule has 4 atom stereocenters. The molecule has 1 aliphatic heterocycles. The second-order valence-electron chi connectivity index (χ2n) is 11.1. The number of carbonyl (C=O) groups excluding carboxylic acids is 2. The summed E-state index contributed by atoms with van der Waals surface area (Å²) in [4.78, 5) is 23.9. The van der Waals surface area contributed by atoms with Crippen LogP contribution in [0.2, 0.25) is 0 Å². The molecule has 1 fully saturated rings. The third kappa shape index (κ3) is 8.15. The number of aliphatic hydroxyl groups is 1. The van der Waals surface area contributed by atoms with Crippen molar-refractivity contribution in [3.63, 3.8) is 0 Å². The number of hydrogen-bond acceptors (Lipinski definition) is 6. The summed E-state index contributed by atoms with van der Waals surface area (Å²) in [5.41, 5.74) is 6.69. The van der Waals surface area contributed by atoms with E-state index in [-0.39, 0.29) is 36.5 Å². The van der Waals surface area contributed by atoms with Crippen molar-refractivity contribution < 1.29 is 24.2 Å². The molecule has 1 saturated heterocycles. The molecule has 7 nitrogen and oxygen atoms in total. The van der Waals surface area contributed by atoms with E-state index < -0.39 is 6.29 Å². The number of thioether (sulfide) groups is 1. The summed E-state index contributed by atoms with van der Waals surface area (Å²) < 4.78 is 13.3. The maximum atomic E-state index is 11.4. The van der Waals surface area contributed by atoms with Gasteiger partial charge >= 0.3 is 0 Å². The van der Waals surface area contributed by atoms with Gasteiger partial charge in [-0.2, -0.15) is 0 Å². The molecule has 2 amide bonds. The van der Waals surface area contributed by atoms with Crippen molar-refractivity contribution in [2.45, 2.75) is 57.3 Å². The number of carbonyl (C=O) groups is 2. The Labute approximate surface area is 263 Å². The van der Waals surface area contributed by atoms with E-state index in [0.29, 0.717) is 6.54 Å². The molecule has 0 aliphatic carbocycles. The predicted molar refractivity (Wildman–Crippen MR) is 174 cm³/mol. The summed E-state index contributed by atoms with van der Waals surface area (Å²) >= 11 is 1.71. The van der Waals surface area contributed by atoms with Crippen molar-refractivity contribution >= 4 is 29.3 Å². The van der Waals surface area contributed by atoms with E-state index >= 15 is 0 Å². The van der Waals surface area contributed by atoms with Crippen LogP contribution in [0.15, 0.2) is 102 Å². The molecule has 5 rings (SSSR count). The molecule has 4 aromatic carbocycles. The second kappa shape index (κ2) is 14.7. The summed E-state index contributed by atoms with van der Waals surface area (Å²) in [6.45, 7) is 5.64. The monoisotopic (exact) mass is 610 g/mol. The zero-order chi connectivity index (χ0) is 31.1. The van der Waals surface area contributed by atoms with Gasteiger partial charge in [-0.15, -0.1) is 11.8 Å². The number of rotatable bonds is 10. The van der Waals surface area contributed by atoms with Gasteiger partial charge in [0.05, 0.1) is 18.8 Å². The third-order valence-electron chi connectivity index (χ3n) is 7.67. The lowest BCUT2D eigenvalue weighted by Gasteiger charge is -2.41. The van der Waals surface area contributed by atoms with Crippen LogP contribution < -0.4 is 10.6 Å². The average molecular weight is 611 g/mol. The van der Waals surface area contributed by atoms with Gasteiger partial charge in [0.2, 0.25) is 11.8 Å². The fourth-order valence-electron chi connectivity index (χ4n) is 5.28. The van der Waals surface area contributed by atoms with Crippen LogP contribution in [0.25, 0.3) is 11.1 Å². The summed E-state index contributed by atoms with van der Waals surface area (Å²) in [5.74, 6) is 0.622. The predicted octanol–water partition coefficient (Wildman–Crippen LogP) is 7.02. The molecule has 0 radical (unpaired) electrons. The van der Waals surface area contributed by atoms with Gasteiger partial charge in [0, 0.05) is 48.2 Å². The van der Waals surface area contributed by atoms with E-state index in [4.69, 9.17) is 9.47 Å². The minimum Gasteiger partial charge on any atom is -0.392 e. The van der Waals surface area contributed by atoms with Crippen LogP contribution in [-0.2, 0) is 32.2 Å². The number of benzene rings is 4. The van der Waals surface area contributed by atoms with E-state index in [1.165, 1.54) is 13.8 Å². The molecule has 0 saturated carbocycles. The van der Waals surface area contributed by atoms with E-state index in [2.05, 4.69) is 41.8 Å². The van der Waals surface area contributed by atoms with E-state index in [1.54, 1.807) is 11.8 Å². The lowest BCUT2D eigenvalue weighted by Crippen LogP contribution is -2.38. The topological polar surface area (TPSA) is 96.9 Å². The van der Waals surface area contributed by atoms with E-state index in [9.17, 15) is 14.7 Å². The fraction of sp³-hybridized carbons (Fsp3) is 0.278. The van der Waals surface area contributed by atoms with Crippen molar-refractivity contribution in [1.82, 2.24) is 5.32 Å². The van der Waals surface area contributed by atoms with Crippen molar-refractivity contribution in [1.29, 1.82) is 0 Å². The van der Waals surface area contributed by atoms with Crippen LogP contribution in [0.1, 0.15) is 55.4 Å². The molecule has 8 heteroatoms. The normalized spacial score (nSPS) is 19.7. The second-order valence-corrected chi connectivity index (χ2v) is 12.2. The molecular weight excluding hydrogens is 572 g/mol. The first-order chi connectivity index (χ1) is 21.3. The highest BCUT2D eigenvalue weighted by molar-refractivity contribution is 7.99. The summed E-state index contributed by atoms with van der Waals surface area (Å²) in [6.07, 6.45) is -0.899. The Bertz CT molecular complexity index is 1570. The maximum absolute atomic E-state index is 11.4. The maximum Gasteiger partial charge on any atom is 0.221 e. The number of ether oxygens (including phenoxy) is 2. The number of anilines is 1. The number of hydrogen-bond donors (Lipinski definition) is 3. The minimum absolute atomic E-state index is 0.00804. The molecule has 44 heavy (non-hydrogen) atoms. The zero-order valence-corrected chi connectivity index (χ0v) is 26.0. The van der Waals surface area contributed by atoms with Gasteiger partial charge < -0.3 is 25.2 Å². The van der Waals surface area contributed by atoms with Crippen molar-refractivity contribution in [3.05, 3.63) is 119 Å². The molecule has 0 aromatic heterocycles. The Hall–Kier alpha value is -3.95. The van der Waals surface area contributed by atoms with Gasteiger partial charge in [-0.3, -0.25) is 9.59 Å². The Morgan fingerprint density at radius 3 is 2.18 bits per heavy atom. The number of nitrogens with one attached hydrogen (secondary N) is 2. The van der Waals surface area contributed by atoms with Gasteiger partial charge in [-0.1, -0.05) is 67.6 Å². The van der Waals surface area contributed by atoms with Crippen molar-refractivity contribution in [3.8, 4) is 11.1 Å². The molecule has 1 aliphatic rings. The fourth-order valence-corrected chi connectivity index (χ4v) is 6.35. The zero-order valence-electron chi connectivity index (χ0n) is 25.2. The number of aliphatic hydroxyl groups excluding tert-OH is 1. The van der Waals surface area contributed by atoms with Crippen LogP contribution >= 0.6 is 11.8 Å². The lowest BCUT2D eigenvalue weighted by atomic mass is 9.91. The SMILES string of the molecule is CC(=O)NCc1cccc(-c2cccc([C@@H]3O[C@H](CSc4ccc(NC(C)=O)cc4)[C@H](C)[C@H](c4ccc(CO)cc4)O3)c2)c1. The summed E-state index contributed by atoms with van der Waals surface area (Å²) in [5, 5.41) is 15.2. The minimum atomic E-state index is -0.580. The number of amides is 2. The lowest BCUT2D eigenvalue weighted by molar-refractivity contribution is -0.268. The Balaban J connectivity index is 1.39. The molecule has 0 unspecified atom stereocenters. The largest absolute Gasteiger partial charge is 0.392 e. The molecule has 3 N–H and O–H groups in total. The van der Waals surface area contributed by atoms with Crippen LogP contribution in [-0.4, -0.2) is 28.8 Å². The average Bonchev–Trinajstić information content (AvgIpc) is 3.04. The Morgan fingerprint density at radius 1 is 0.795 bits per heavy atom. The van der Waals surface area contributed by atoms with Gasteiger partial charge in [0.1, 0.15) is 0 Å². The molecule has 228 valence electrons. The van der Waals surface area contributed by atoms with Crippen LogP contribution in [0.5, 0.6) is 0 Å². The summed E-state index contributed by atoms with van der Waals surface area (Å²) in [6, 6.07) is 32.1. The standard InChI is InChI=1S/C36H38N2O5S/c1-23-34(22-44-33-16-14-32(15-17-33)38-25(3)41)42-36(43-35(23)28-12-10-26(21-39)11-13-28)31-9-5-8-30(19-31)29-7-4-6-27(18-29)20-37-24(2)40/h4-19,23,34-36,39H,20-22H2,1-3H3,(H,37,40)(H,38,41)/t23-,34+,35+,36+/m0/s1. The van der Waals surface area contributed by atoms with Crippen molar-refractivity contribution in [2.75, 3.05) is 11.1 Å². The molecule has 1 heterocycles.